The average Bonchev–Trinajstić information content (AvgIpc) is 2.54. The van der Waals surface area contributed by atoms with Crippen LogP contribution in [0.4, 0.5) is 0 Å². The highest BCUT2D eigenvalue weighted by atomic mass is 16.5. The van der Waals surface area contributed by atoms with Crippen LogP contribution < -0.4 is 4.74 Å². The van der Waals surface area contributed by atoms with Crippen LogP contribution in [-0.4, -0.2) is 24.3 Å². The van der Waals surface area contributed by atoms with E-state index in [1.54, 1.807) is 18.2 Å². The lowest BCUT2D eigenvalue weighted by molar-refractivity contribution is -0.149. The Morgan fingerprint density at radius 2 is 2.00 bits per heavy atom. The van der Waals surface area contributed by atoms with E-state index in [0.717, 1.165) is 18.4 Å². The van der Waals surface area contributed by atoms with Crippen LogP contribution >= 0.6 is 0 Å². The summed E-state index contributed by atoms with van der Waals surface area (Å²) in [5.74, 6) is 1.27. The number of hydrogen-bond donors (Lipinski definition) is 1. The highest BCUT2D eigenvalue weighted by molar-refractivity contribution is 5.87. The van der Waals surface area contributed by atoms with Gasteiger partial charge in [-0.25, -0.2) is 4.79 Å². The van der Waals surface area contributed by atoms with Crippen molar-refractivity contribution in [2.75, 3.05) is 7.11 Å². The minimum Gasteiger partial charge on any atom is -0.508 e. The van der Waals surface area contributed by atoms with E-state index in [0.29, 0.717) is 17.6 Å². The molecule has 4 heteroatoms. The molecule has 0 aliphatic heterocycles. The summed E-state index contributed by atoms with van der Waals surface area (Å²) >= 11 is 0. The molecule has 0 amide bonds. The van der Waals surface area contributed by atoms with Crippen molar-refractivity contribution in [2.24, 2.45) is 17.3 Å². The van der Waals surface area contributed by atoms with E-state index in [2.05, 4.69) is 27.7 Å². The van der Waals surface area contributed by atoms with Gasteiger partial charge in [-0.1, -0.05) is 27.7 Å². The second-order valence-corrected chi connectivity index (χ2v) is 8.09. The average molecular weight is 346 g/mol. The van der Waals surface area contributed by atoms with Crippen LogP contribution in [0.5, 0.6) is 11.5 Å². The fourth-order valence-corrected chi connectivity index (χ4v) is 3.42. The summed E-state index contributed by atoms with van der Waals surface area (Å²) in [6.07, 6.45) is 6.27. The van der Waals surface area contributed by atoms with E-state index < -0.39 is 0 Å². The molecule has 1 fully saturated rings. The number of hydrogen-bond acceptors (Lipinski definition) is 4. The molecule has 0 spiro atoms. The van der Waals surface area contributed by atoms with Gasteiger partial charge in [0.25, 0.3) is 0 Å². The van der Waals surface area contributed by atoms with Crippen LogP contribution in [0.25, 0.3) is 6.08 Å². The van der Waals surface area contributed by atoms with Gasteiger partial charge < -0.3 is 14.6 Å². The lowest BCUT2D eigenvalue weighted by Gasteiger charge is -2.40. The molecular formula is C21H30O4. The molecule has 0 bridgehead atoms. The quantitative estimate of drug-likeness (QED) is 0.628. The first kappa shape index (κ1) is 19.4. The van der Waals surface area contributed by atoms with Gasteiger partial charge in [0.2, 0.25) is 0 Å². The lowest BCUT2D eigenvalue weighted by Crippen LogP contribution is -2.36. The topological polar surface area (TPSA) is 55.8 Å². The number of carbonyl (C=O) groups excluding carboxylic acids is 1. The third kappa shape index (κ3) is 5.25. The second kappa shape index (κ2) is 7.94. The number of rotatable bonds is 4. The van der Waals surface area contributed by atoms with E-state index in [1.165, 1.54) is 25.7 Å². The predicted octanol–water partition coefficient (Wildman–Crippen LogP) is 4.81. The van der Waals surface area contributed by atoms with E-state index in [-0.39, 0.29) is 23.2 Å². The fraction of sp³-hybridized carbons (Fsp3) is 0.571. The highest BCUT2D eigenvalue weighted by Gasteiger charge is 2.35. The van der Waals surface area contributed by atoms with Crippen molar-refractivity contribution in [2.45, 2.75) is 53.1 Å². The van der Waals surface area contributed by atoms with Crippen molar-refractivity contribution in [1.29, 1.82) is 0 Å². The summed E-state index contributed by atoms with van der Waals surface area (Å²) < 4.78 is 10.9. The molecule has 4 nitrogen and oxygen atoms in total. The van der Waals surface area contributed by atoms with Gasteiger partial charge in [0, 0.05) is 17.7 Å². The van der Waals surface area contributed by atoms with Crippen molar-refractivity contribution in [3.63, 3.8) is 0 Å². The number of benzene rings is 1. The number of ether oxygens (including phenoxy) is 2. The van der Waals surface area contributed by atoms with Crippen molar-refractivity contribution in [1.82, 2.24) is 0 Å². The van der Waals surface area contributed by atoms with Gasteiger partial charge in [0.1, 0.15) is 17.6 Å². The van der Waals surface area contributed by atoms with Crippen LogP contribution in [0.1, 0.15) is 52.5 Å². The van der Waals surface area contributed by atoms with Gasteiger partial charge in [-0.15, -0.1) is 0 Å². The number of aromatic hydroxyl groups is 1. The van der Waals surface area contributed by atoms with Gasteiger partial charge in [-0.2, -0.15) is 0 Å². The summed E-state index contributed by atoms with van der Waals surface area (Å²) in [5, 5.41) is 9.49. The maximum atomic E-state index is 12.3. The molecule has 1 aliphatic rings. The molecule has 3 unspecified atom stereocenters. The summed E-state index contributed by atoms with van der Waals surface area (Å²) in [4.78, 5) is 12.3. The summed E-state index contributed by atoms with van der Waals surface area (Å²) in [5.41, 5.74) is 0.960. The normalized spacial score (nSPS) is 24.3. The van der Waals surface area contributed by atoms with E-state index in [1.807, 2.05) is 0 Å². The van der Waals surface area contributed by atoms with Crippen LogP contribution in [0.3, 0.4) is 0 Å². The molecule has 25 heavy (non-hydrogen) atoms. The lowest BCUT2D eigenvalue weighted by atomic mass is 9.69. The number of phenols is 1. The Bertz CT molecular complexity index is 627. The van der Waals surface area contributed by atoms with Crippen molar-refractivity contribution in [3.8, 4) is 11.5 Å². The zero-order chi connectivity index (χ0) is 18.6. The Morgan fingerprint density at radius 1 is 1.28 bits per heavy atom. The maximum absolute atomic E-state index is 12.3. The summed E-state index contributed by atoms with van der Waals surface area (Å²) in [6.45, 7) is 8.92. The van der Waals surface area contributed by atoms with Gasteiger partial charge >= 0.3 is 5.97 Å². The molecule has 0 radical (unpaired) electrons. The van der Waals surface area contributed by atoms with E-state index in [9.17, 15) is 9.90 Å². The molecular weight excluding hydrogens is 316 g/mol. The molecule has 1 aromatic rings. The Labute approximate surface area is 150 Å². The molecule has 2 rings (SSSR count). The molecule has 1 N–H and O–H groups in total. The Morgan fingerprint density at radius 3 is 2.64 bits per heavy atom. The van der Waals surface area contributed by atoms with Gasteiger partial charge in [-0.3, -0.25) is 0 Å². The first-order valence-electron chi connectivity index (χ1n) is 8.96. The molecule has 138 valence electrons. The van der Waals surface area contributed by atoms with E-state index in [4.69, 9.17) is 9.47 Å². The number of esters is 1. The third-order valence-electron chi connectivity index (χ3n) is 5.23. The van der Waals surface area contributed by atoms with Crippen molar-refractivity contribution < 1.29 is 19.4 Å². The molecule has 1 saturated carbocycles. The predicted molar refractivity (Wildman–Crippen MR) is 99.5 cm³/mol. The molecule has 3 atom stereocenters. The second-order valence-electron chi connectivity index (χ2n) is 8.09. The zero-order valence-electron chi connectivity index (χ0n) is 15.9. The SMILES string of the molecule is COc1cc(O)ccc1C=CC(=O)OC1CC(C(C)(C)C)CCC1C. The maximum Gasteiger partial charge on any atom is 0.331 e. The molecule has 1 aromatic carbocycles. The monoisotopic (exact) mass is 346 g/mol. The zero-order valence-corrected chi connectivity index (χ0v) is 15.9. The molecule has 0 heterocycles. The largest absolute Gasteiger partial charge is 0.508 e. The Balaban J connectivity index is 2.01. The molecule has 0 aromatic heterocycles. The first-order valence-corrected chi connectivity index (χ1v) is 8.96. The minimum atomic E-state index is -0.332. The number of methoxy groups -OCH3 is 1. The van der Waals surface area contributed by atoms with Gasteiger partial charge in [0.15, 0.2) is 0 Å². The fourth-order valence-electron chi connectivity index (χ4n) is 3.42. The summed E-state index contributed by atoms with van der Waals surface area (Å²) in [7, 11) is 1.53. The van der Waals surface area contributed by atoms with E-state index >= 15 is 0 Å². The third-order valence-corrected chi connectivity index (χ3v) is 5.23. The van der Waals surface area contributed by atoms with Crippen LogP contribution in [0.15, 0.2) is 24.3 Å². The van der Waals surface area contributed by atoms with Crippen LogP contribution in [0.2, 0.25) is 0 Å². The summed E-state index contributed by atoms with van der Waals surface area (Å²) in [6, 6.07) is 4.78. The van der Waals surface area contributed by atoms with Crippen molar-refractivity contribution in [3.05, 3.63) is 29.8 Å². The number of carbonyl (C=O) groups is 1. The minimum absolute atomic E-state index is 0.0307. The highest BCUT2D eigenvalue weighted by Crippen LogP contribution is 2.41. The van der Waals surface area contributed by atoms with Gasteiger partial charge in [-0.05, 0) is 54.7 Å². The van der Waals surface area contributed by atoms with Crippen molar-refractivity contribution >= 4 is 12.0 Å². The van der Waals surface area contributed by atoms with Gasteiger partial charge in [0.05, 0.1) is 7.11 Å². The smallest absolute Gasteiger partial charge is 0.331 e. The van der Waals surface area contributed by atoms with Crippen LogP contribution in [0, 0.1) is 17.3 Å². The molecule has 0 saturated heterocycles. The first-order chi connectivity index (χ1) is 11.7. The standard InChI is InChI=1S/C21H30O4/c1-14-6-9-16(21(2,3)4)12-18(14)25-20(23)11-8-15-7-10-17(22)13-19(15)24-5/h7-8,10-11,13-14,16,18,22H,6,9,12H2,1-5H3. The number of phenolic OH excluding ortho intramolecular Hbond substituents is 1. The molecule has 1 aliphatic carbocycles. The Hall–Kier alpha value is -1.97. The van der Waals surface area contributed by atoms with Crippen LogP contribution in [-0.2, 0) is 9.53 Å². The Kier molecular flexibility index (Phi) is 6.15.